The summed E-state index contributed by atoms with van der Waals surface area (Å²) in [7, 11) is 0. The van der Waals surface area contributed by atoms with Gasteiger partial charge in [-0.25, -0.2) is 0 Å². The van der Waals surface area contributed by atoms with E-state index < -0.39 is 0 Å². The van der Waals surface area contributed by atoms with Gasteiger partial charge in [-0.2, -0.15) is 0 Å². The first-order valence-corrected chi connectivity index (χ1v) is 4.30. The molecule has 56 valence electrons. The average molecular weight is 136 g/mol. The SMILES string of the molecule is C[C@H]1C=C[C@H]2[C@@H](C1)C2(C)C. The van der Waals surface area contributed by atoms with Crippen molar-refractivity contribution in [2.75, 3.05) is 0 Å². The minimum absolute atomic E-state index is 0.640. The summed E-state index contributed by atoms with van der Waals surface area (Å²) in [6.07, 6.45) is 6.24. The van der Waals surface area contributed by atoms with Gasteiger partial charge in [0.2, 0.25) is 0 Å². The van der Waals surface area contributed by atoms with Crippen molar-refractivity contribution in [3.63, 3.8) is 0 Å². The highest BCUT2D eigenvalue weighted by atomic mass is 14.6. The van der Waals surface area contributed by atoms with Crippen LogP contribution in [0.25, 0.3) is 0 Å². The highest BCUT2D eigenvalue weighted by Gasteiger charge is 2.56. The van der Waals surface area contributed by atoms with Crippen LogP contribution in [0.3, 0.4) is 0 Å². The molecule has 0 bridgehead atoms. The summed E-state index contributed by atoms with van der Waals surface area (Å²) in [6, 6.07) is 0. The van der Waals surface area contributed by atoms with Crippen LogP contribution in [0.15, 0.2) is 12.2 Å². The molecule has 0 heterocycles. The van der Waals surface area contributed by atoms with Crippen molar-refractivity contribution < 1.29 is 0 Å². The number of allylic oxidation sites excluding steroid dienone is 2. The smallest absolute Gasteiger partial charge is 0.0145 e. The average Bonchev–Trinajstić information content (AvgIpc) is 2.36. The quantitative estimate of drug-likeness (QED) is 0.449. The molecule has 10 heavy (non-hydrogen) atoms. The molecule has 0 nitrogen and oxygen atoms in total. The van der Waals surface area contributed by atoms with Crippen LogP contribution in [0, 0.1) is 23.2 Å². The third-order valence-corrected chi connectivity index (χ3v) is 3.41. The van der Waals surface area contributed by atoms with Gasteiger partial charge in [0, 0.05) is 0 Å². The van der Waals surface area contributed by atoms with Gasteiger partial charge in [0.05, 0.1) is 0 Å². The molecule has 0 aromatic rings. The molecule has 0 aromatic carbocycles. The van der Waals surface area contributed by atoms with Gasteiger partial charge < -0.3 is 0 Å². The first kappa shape index (κ1) is 6.45. The van der Waals surface area contributed by atoms with Crippen LogP contribution < -0.4 is 0 Å². The molecular formula is C10H16. The second kappa shape index (κ2) is 1.66. The van der Waals surface area contributed by atoms with Crippen LogP contribution in [0.4, 0.5) is 0 Å². The zero-order chi connectivity index (χ0) is 7.35. The van der Waals surface area contributed by atoms with Gasteiger partial charge in [-0.05, 0) is 29.6 Å². The standard InChI is InChI=1S/C10H16/c1-7-4-5-8-9(6-7)10(8,2)3/h4-5,7-9H,6H2,1-3H3/t7-,8-,9+/m0/s1. The largest absolute Gasteiger partial charge is 0.0854 e. The fourth-order valence-electron chi connectivity index (χ4n) is 2.41. The predicted octanol–water partition coefficient (Wildman–Crippen LogP) is 2.85. The molecule has 0 unspecified atom stereocenters. The van der Waals surface area contributed by atoms with Crippen LogP contribution in [-0.2, 0) is 0 Å². The van der Waals surface area contributed by atoms with Crippen LogP contribution in [0.2, 0.25) is 0 Å². The highest BCUT2D eigenvalue weighted by Crippen LogP contribution is 2.63. The second-order valence-electron chi connectivity index (χ2n) is 4.55. The molecule has 0 saturated heterocycles. The van der Waals surface area contributed by atoms with Gasteiger partial charge in [0.15, 0.2) is 0 Å². The molecule has 2 aliphatic rings. The van der Waals surface area contributed by atoms with Gasteiger partial charge in [0.25, 0.3) is 0 Å². The molecular weight excluding hydrogens is 120 g/mol. The summed E-state index contributed by atoms with van der Waals surface area (Å²) in [5.41, 5.74) is 0.640. The van der Waals surface area contributed by atoms with Crippen molar-refractivity contribution in [1.82, 2.24) is 0 Å². The predicted molar refractivity (Wildman–Crippen MR) is 43.7 cm³/mol. The van der Waals surface area contributed by atoms with E-state index in [-0.39, 0.29) is 0 Å². The number of rotatable bonds is 0. The molecule has 0 heteroatoms. The second-order valence-corrected chi connectivity index (χ2v) is 4.55. The summed E-state index contributed by atoms with van der Waals surface area (Å²) in [6.45, 7) is 7.11. The van der Waals surface area contributed by atoms with Crippen LogP contribution >= 0.6 is 0 Å². The molecule has 3 atom stereocenters. The maximum atomic E-state index is 2.43. The third kappa shape index (κ3) is 0.680. The van der Waals surface area contributed by atoms with Gasteiger partial charge in [-0.3, -0.25) is 0 Å². The van der Waals surface area contributed by atoms with Crippen molar-refractivity contribution in [3.05, 3.63) is 12.2 Å². The zero-order valence-electron chi connectivity index (χ0n) is 7.09. The molecule has 0 N–H and O–H groups in total. The Morgan fingerprint density at radius 2 is 2.00 bits per heavy atom. The van der Waals surface area contributed by atoms with E-state index in [0.717, 1.165) is 17.8 Å². The Kier molecular flexibility index (Phi) is 1.07. The van der Waals surface area contributed by atoms with Crippen molar-refractivity contribution in [2.45, 2.75) is 27.2 Å². The molecule has 1 fully saturated rings. The Labute approximate surface area is 63.3 Å². The minimum atomic E-state index is 0.640. The maximum absolute atomic E-state index is 2.43. The third-order valence-electron chi connectivity index (χ3n) is 3.41. The Morgan fingerprint density at radius 1 is 1.30 bits per heavy atom. The van der Waals surface area contributed by atoms with E-state index in [1.807, 2.05) is 0 Å². The van der Waals surface area contributed by atoms with Crippen LogP contribution in [0.1, 0.15) is 27.2 Å². The molecule has 2 rings (SSSR count). The summed E-state index contributed by atoms with van der Waals surface area (Å²) in [5, 5.41) is 0. The van der Waals surface area contributed by atoms with Crippen molar-refractivity contribution in [3.8, 4) is 0 Å². The van der Waals surface area contributed by atoms with Gasteiger partial charge in [-0.15, -0.1) is 0 Å². The summed E-state index contributed by atoms with van der Waals surface area (Å²) in [5.74, 6) is 2.76. The van der Waals surface area contributed by atoms with E-state index in [4.69, 9.17) is 0 Å². The van der Waals surface area contributed by atoms with Crippen LogP contribution in [-0.4, -0.2) is 0 Å². The number of fused-ring (bicyclic) bond motifs is 1. The summed E-state index contributed by atoms with van der Waals surface area (Å²) in [4.78, 5) is 0. The van der Waals surface area contributed by atoms with Crippen molar-refractivity contribution in [2.24, 2.45) is 23.2 Å². The van der Waals surface area contributed by atoms with E-state index in [2.05, 4.69) is 32.9 Å². The molecule has 0 amide bonds. The monoisotopic (exact) mass is 136 g/mol. The number of hydrogen-bond donors (Lipinski definition) is 0. The molecule has 0 aromatic heterocycles. The van der Waals surface area contributed by atoms with E-state index >= 15 is 0 Å². The topological polar surface area (TPSA) is 0 Å². The van der Waals surface area contributed by atoms with E-state index in [1.165, 1.54) is 6.42 Å². The first-order chi connectivity index (χ1) is 4.62. The van der Waals surface area contributed by atoms with E-state index in [9.17, 15) is 0 Å². The molecule has 1 saturated carbocycles. The lowest BCUT2D eigenvalue weighted by atomic mass is 9.97. The van der Waals surface area contributed by atoms with Crippen LogP contribution in [0.5, 0.6) is 0 Å². The molecule has 0 spiro atoms. The Bertz CT molecular complexity index is 176. The maximum Gasteiger partial charge on any atom is -0.0145 e. The molecule has 0 aliphatic heterocycles. The lowest BCUT2D eigenvalue weighted by Crippen LogP contribution is -1.97. The van der Waals surface area contributed by atoms with E-state index in [1.54, 1.807) is 0 Å². The Hall–Kier alpha value is -0.260. The highest BCUT2D eigenvalue weighted by molar-refractivity contribution is 5.18. The zero-order valence-corrected chi connectivity index (χ0v) is 7.09. The Morgan fingerprint density at radius 3 is 2.50 bits per heavy atom. The van der Waals surface area contributed by atoms with Gasteiger partial charge >= 0.3 is 0 Å². The molecule has 0 radical (unpaired) electrons. The first-order valence-electron chi connectivity index (χ1n) is 4.30. The van der Waals surface area contributed by atoms with Crippen molar-refractivity contribution >= 4 is 0 Å². The minimum Gasteiger partial charge on any atom is -0.0854 e. The van der Waals surface area contributed by atoms with Crippen molar-refractivity contribution in [1.29, 1.82) is 0 Å². The van der Waals surface area contributed by atoms with Gasteiger partial charge in [0.1, 0.15) is 0 Å². The fraction of sp³-hybridized carbons (Fsp3) is 0.800. The lowest BCUT2D eigenvalue weighted by molar-refractivity contribution is 0.487. The lowest BCUT2D eigenvalue weighted by Gasteiger charge is -2.08. The van der Waals surface area contributed by atoms with Gasteiger partial charge in [-0.1, -0.05) is 32.9 Å². The molecule has 2 aliphatic carbocycles. The summed E-state index contributed by atoms with van der Waals surface area (Å²) >= 11 is 0. The van der Waals surface area contributed by atoms with E-state index in [0.29, 0.717) is 5.41 Å². The fourth-order valence-corrected chi connectivity index (χ4v) is 2.41. The summed E-state index contributed by atoms with van der Waals surface area (Å²) < 4.78 is 0. The Balaban J connectivity index is 2.16. The number of hydrogen-bond acceptors (Lipinski definition) is 0. The normalized spacial score (nSPS) is 48.5.